The summed E-state index contributed by atoms with van der Waals surface area (Å²) in [6.45, 7) is 10.3. The molecule has 3 nitrogen and oxygen atoms in total. The molecule has 1 aromatic rings. The highest BCUT2D eigenvalue weighted by atomic mass is 16.5. The number of ether oxygens (including phenoxy) is 1. The van der Waals surface area contributed by atoms with Crippen molar-refractivity contribution in [1.29, 1.82) is 0 Å². The van der Waals surface area contributed by atoms with Gasteiger partial charge < -0.3 is 9.64 Å². The van der Waals surface area contributed by atoms with E-state index in [-0.39, 0.29) is 5.41 Å². The van der Waals surface area contributed by atoms with Crippen LogP contribution in [-0.2, 0) is 0 Å². The van der Waals surface area contributed by atoms with E-state index in [0.29, 0.717) is 5.41 Å². The lowest BCUT2D eigenvalue weighted by molar-refractivity contribution is 0.204. The summed E-state index contributed by atoms with van der Waals surface area (Å²) in [5.74, 6) is 1.66. The minimum Gasteiger partial charge on any atom is -0.492 e. The van der Waals surface area contributed by atoms with Crippen molar-refractivity contribution in [3.05, 3.63) is 41.7 Å². The predicted molar refractivity (Wildman–Crippen MR) is 130 cm³/mol. The van der Waals surface area contributed by atoms with E-state index in [2.05, 4.69) is 62.1 Å². The van der Waals surface area contributed by atoms with Crippen LogP contribution in [0.1, 0.15) is 84.1 Å². The fourth-order valence-electron chi connectivity index (χ4n) is 6.34. The highest BCUT2D eigenvalue weighted by Gasteiger charge is 2.42. The standard InChI is InChI=1S/C28H42N2O/c1-5-18-31-25-19-22(20-29-21-25)26-11-10-24-9-6-8-23-12-16-30(4)17-15-27(23,2)13-7-14-28(24,26)3/h11-12,19-21,24H,5-10,13-18H2,1-4H3. The molecule has 3 heteroatoms. The van der Waals surface area contributed by atoms with Crippen LogP contribution >= 0.6 is 0 Å². The second-order valence-corrected chi connectivity index (χ2v) is 10.8. The van der Waals surface area contributed by atoms with E-state index in [9.17, 15) is 0 Å². The maximum absolute atomic E-state index is 5.90. The number of allylic oxidation sites excluding steroid dienone is 3. The average Bonchev–Trinajstić information content (AvgIpc) is 3.01. The first kappa shape index (κ1) is 22.6. The van der Waals surface area contributed by atoms with Gasteiger partial charge in [-0.25, -0.2) is 0 Å². The van der Waals surface area contributed by atoms with E-state index in [0.717, 1.165) is 31.2 Å². The van der Waals surface area contributed by atoms with E-state index in [1.165, 1.54) is 69.0 Å². The Bertz CT molecular complexity index is 828. The second kappa shape index (κ2) is 9.48. The van der Waals surface area contributed by atoms with Gasteiger partial charge in [-0.1, -0.05) is 44.9 Å². The molecule has 4 rings (SSSR count). The van der Waals surface area contributed by atoms with Crippen LogP contribution in [0.15, 0.2) is 36.2 Å². The first-order valence-corrected chi connectivity index (χ1v) is 12.6. The lowest BCUT2D eigenvalue weighted by Crippen LogP contribution is -2.29. The van der Waals surface area contributed by atoms with E-state index < -0.39 is 0 Å². The summed E-state index contributed by atoms with van der Waals surface area (Å²) in [6, 6.07) is 2.23. The van der Waals surface area contributed by atoms with E-state index in [1.54, 1.807) is 5.57 Å². The molecule has 2 aliphatic carbocycles. The lowest BCUT2D eigenvalue weighted by atomic mass is 9.65. The molecule has 31 heavy (non-hydrogen) atoms. The maximum atomic E-state index is 5.90. The summed E-state index contributed by atoms with van der Waals surface area (Å²) in [6.07, 6.45) is 20.4. The van der Waals surface area contributed by atoms with Crippen LogP contribution in [0.25, 0.3) is 5.57 Å². The summed E-state index contributed by atoms with van der Waals surface area (Å²) in [5.41, 5.74) is 5.18. The Labute approximate surface area is 190 Å². The molecule has 3 unspecified atom stereocenters. The maximum Gasteiger partial charge on any atom is 0.138 e. The van der Waals surface area contributed by atoms with Gasteiger partial charge in [0.2, 0.25) is 0 Å². The van der Waals surface area contributed by atoms with E-state index in [1.807, 2.05) is 6.20 Å². The predicted octanol–water partition coefficient (Wildman–Crippen LogP) is 6.90. The largest absolute Gasteiger partial charge is 0.492 e. The Balaban J connectivity index is 1.55. The molecule has 0 spiro atoms. The van der Waals surface area contributed by atoms with Crippen molar-refractivity contribution < 1.29 is 4.74 Å². The lowest BCUT2D eigenvalue weighted by Gasteiger charge is -2.40. The second-order valence-electron chi connectivity index (χ2n) is 10.8. The van der Waals surface area contributed by atoms with Gasteiger partial charge in [-0.3, -0.25) is 4.98 Å². The van der Waals surface area contributed by atoms with Crippen molar-refractivity contribution in [2.24, 2.45) is 16.7 Å². The van der Waals surface area contributed by atoms with Crippen molar-refractivity contribution in [3.63, 3.8) is 0 Å². The third-order valence-corrected chi connectivity index (χ3v) is 8.51. The van der Waals surface area contributed by atoms with Gasteiger partial charge in [0.15, 0.2) is 0 Å². The van der Waals surface area contributed by atoms with Gasteiger partial charge in [0.1, 0.15) is 5.75 Å². The van der Waals surface area contributed by atoms with Gasteiger partial charge >= 0.3 is 0 Å². The normalized spacial score (nSPS) is 32.3. The summed E-state index contributed by atoms with van der Waals surface area (Å²) in [5, 5.41) is 0. The average molecular weight is 423 g/mol. The van der Waals surface area contributed by atoms with Gasteiger partial charge in [0.25, 0.3) is 0 Å². The number of pyridine rings is 1. The molecule has 1 aliphatic heterocycles. The summed E-state index contributed by atoms with van der Waals surface area (Å²) in [7, 11) is 2.27. The van der Waals surface area contributed by atoms with E-state index >= 15 is 0 Å². The zero-order valence-corrected chi connectivity index (χ0v) is 20.3. The molecule has 1 aromatic heterocycles. The van der Waals surface area contributed by atoms with Crippen LogP contribution in [0.2, 0.25) is 0 Å². The molecule has 0 aromatic carbocycles. The monoisotopic (exact) mass is 422 g/mol. The molecular formula is C28H42N2O. The molecule has 3 aliphatic rings. The molecule has 0 radical (unpaired) electrons. The first-order chi connectivity index (χ1) is 14.9. The van der Waals surface area contributed by atoms with Gasteiger partial charge in [-0.2, -0.15) is 0 Å². The van der Waals surface area contributed by atoms with E-state index in [4.69, 9.17) is 4.74 Å². The molecule has 3 atom stereocenters. The summed E-state index contributed by atoms with van der Waals surface area (Å²) in [4.78, 5) is 7.02. The van der Waals surface area contributed by atoms with Crippen LogP contribution in [-0.4, -0.2) is 36.6 Å². The summed E-state index contributed by atoms with van der Waals surface area (Å²) >= 11 is 0. The first-order valence-electron chi connectivity index (χ1n) is 12.6. The Hall–Kier alpha value is -1.61. The third-order valence-electron chi connectivity index (χ3n) is 8.51. The number of likely N-dealkylation sites (N-methyl/N-ethyl adjacent to an activating group) is 1. The number of fused-ring (bicyclic) bond motifs is 2. The molecule has 1 saturated carbocycles. The fraction of sp³-hybridized carbons (Fsp3) is 0.679. The topological polar surface area (TPSA) is 25.4 Å². The third kappa shape index (κ3) is 4.77. The highest BCUT2D eigenvalue weighted by Crippen LogP contribution is 2.55. The number of hydrogen-bond donors (Lipinski definition) is 0. The Morgan fingerprint density at radius 3 is 2.84 bits per heavy atom. The van der Waals surface area contributed by atoms with Gasteiger partial charge in [-0.05, 0) is 98.9 Å². The Morgan fingerprint density at radius 2 is 2.00 bits per heavy atom. The van der Waals surface area contributed by atoms with Crippen LogP contribution < -0.4 is 4.74 Å². The number of hydrogen-bond acceptors (Lipinski definition) is 3. The van der Waals surface area contributed by atoms with Gasteiger partial charge in [-0.15, -0.1) is 0 Å². The molecule has 0 saturated heterocycles. The quantitative estimate of drug-likeness (QED) is 0.493. The van der Waals surface area contributed by atoms with Crippen molar-refractivity contribution in [2.75, 3.05) is 26.7 Å². The highest BCUT2D eigenvalue weighted by molar-refractivity contribution is 5.72. The molecular weight excluding hydrogens is 380 g/mol. The number of nitrogens with zero attached hydrogens (tertiary/aromatic N) is 2. The van der Waals surface area contributed by atoms with Crippen LogP contribution in [0.4, 0.5) is 0 Å². The number of rotatable bonds is 4. The van der Waals surface area contributed by atoms with Crippen molar-refractivity contribution in [1.82, 2.24) is 9.88 Å². The zero-order chi connectivity index (χ0) is 21.9. The van der Waals surface area contributed by atoms with Crippen molar-refractivity contribution >= 4 is 5.57 Å². The van der Waals surface area contributed by atoms with Crippen LogP contribution in [0.3, 0.4) is 0 Å². The van der Waals surface area contributed by atoms with Gasteiger partial charge in [0, 0.05) is 12.7 Å². The van der Waals surface area contributed by atoms with Gasteiger partial charge in [0.05, 0.1) is 12.8 Å². The minimum absolute atomic E-state index is 0.254. The molecule has 0 amide bonds. The van der Waals surface area contributed by atoms with Crippen molar-refractivity contribution in [2.45, 2.75) is 78.6 Å². The minimum atomic E-state index is 0.254. The molecule has 0 N–H and O–H groups in total. The summed E-state index contributed by atoms with van der Waals surface area (Å²) < 4.78 is 5.90. The fourth-order valence-corrected chi connectivity index (χ4v) is 6.34. The number of aromatic nitrogens is 1. The van der Waals surface area contributed by atoms with Crippen LogP contribution in [0, 0.1) is 16.7 Å². The molecule has 0 bridgehead atoms. The molecule has 1 fully saturated rings. The zero-order valence-electron chi connectivity index (χ0n) is 20.3. The smallest absolute Gasteiger partial charge is 0.138 e. The Kier molecular flexibility index (Phi) is 6.91. The SMILES string of the molecule is CCCOc1cncc(C2=CCC3CCCC4=CCN(C)CCC4(C)CCCC23C)c1. The van der Waals surface area contributed by atoms with Crippen molar-refractivity contribution in [3.8, 4) is 5.75 Å². The Morgan fingerprint density at radius 1 is 1.13 bits per heavy atom. The molecule has 2 heterocycles. The molecule has 170 valence electrons. The van der Waals surface area contributed by atoms with Crippen LogP contribution in [0.5, 0.6) is 5.75 Å².